The van der Waals surface area contributed by atoms with Gasteiger partial charge >= 0.3 is 0 Å². The van der Waals surface area contributed by atoms with Crippen molar-refractivity contribution in [3.05, 3.63) is 0 Å². The molecule has 0 aromatic carbocycles. The molecular weight excluding hydrogens is 160 g/mol. The maximum absolute atomic E-state index is 12.8. The monoisotopic (exact) mass is 175 g/mol. The van der Waals surface area contributed by atoms with Crippen LogP contribution in [0.5, 0.6) is 0 Å². The van der Waals surface area contributed by atoms with E-state index < -0.39 is 12.0 Å². The maximum Gasteiger partial charge on any atom is 0.256 e. The summed E-state index contributed by atoms with van der Waals surface area (Å²) in [6, 6.07) is 0. The van der Waals surface area contributed by atoms with Crippen LogP contribution in [0.2, 0.25) is 0 Å². The van der Waals surface area contributed by atoms with Gasteiger partial charge < -0.3 is 5.32 Å². The molecule has 2 fully saturated rings. The minimum atomic E-state index is -2.19. The van der Waals surface area contributed by atoms with E-state index in [1.165, 1.54) is 0 Å². The van der Waals surface area contributed by atoms with E-state index >= 15 is 0 Å². The number of hydrogen-bond acceptors (Lipinski definition) is 1. The summed E-state index contributed by atoms with van der Waals surface area (Å²) in [4.78, 5) is 0. The van der Waals surface area contributed by atoms with Crippen molar-refractivity contribution in [1.82, 2.24) is 5.32 Å². The summed E-state index contributed by atoms with van der Waals surface area (Å²) in [5.74, 6) is 0.885. The van der Waals surface area contributed by atoms with Crippen LogP contribution in [0.1, 0.15) is 26.2 Å². The van der Waals surface area contributed by atoms with Crippen LogP contribution in [0.15, 0.2) is 0 Å². The number of halogens is 2. The summed E-state index contributed by atoms with van der Waals surface area (Å²) in [6.07, 6.45) is 0.516. The number of rotatable bonds is 3. The second kappa shape index (κ2) is 2.66. The molecule has 0 saturated heterocycles. The number of alkyl halides is 2. The third kappa shape index (κ3) is 0.987. The first kappa shape index (κ1) is 8.42. The van der Waals surface area contributed by atoms with Crippen LogP contribution < -0.4 is 5.32 Å². The molecular formula is C9H15F2N. The molecule has 3 unspecified atom stereocenters. The third-order valence-electron chi connectivity index (χ3n) is 3.41. The molecule has 0 spiro atoms. The van der Waals surface area contributed by atoms with E-state index in [2.05, 4.69) is 5.32 Å². The van der Waals surface area contributed by atoms with Crippen LogP contribution in [0, 0.1) is 11.8 Å². The van der Waals surface area contributed by atoms with Gasteiger partial charge in [0.05, 0.1) is 5.54 Å². The Labute approximate surface area is 71.5 Å². The lowest BCUT2D eigenvalue weighted by Gasteiger charge is -2.31. The summed E-state index contributed by atoms with van der Waals surface area (Å²) in [5, 5.41) is 3.00. The first-order valence-corrected chi connectivity index (χ1v) is 4.74. The molecule has 2 saturated carbocycles. The highest BCUT2D eigenvalue weighted by Crippen LogP contribution is 2.59. The van der Waals surface area contributed by atoms with Crippen LogP contribution in [0.25, 0.3) is 0 Å². The molecule has 0 aromatic heterocycles. The highest BCUT2D eigenvalue weighted by molar-refractivity contribution is 5.13. The summed E-state index contributed by atoms with van der Waals surface area (Å²) < 4.78 is 25.6. The van der Waals surface area contributed by atoms with E-state index in [0.717, 1.165) is 12.8 Å². The summed E-state index contributed by atoms with van der Waals surface area (Å²) in [6.45, 7) is 2.56. The lowest BCUT2D eigenvalue weighted by molar-refractivity contribution is 0.0210. The van der Waals surface area contributed by atoms with E-state index in [0.29, 0.717) is 18.9 Å². The van der Waals surface area contributed by atoms with E-state index in [9.17, 15) is 8.78 Å². The van der Waals surface area contributed by atoms with Crippen molar-refractivity contribution < 1.29 is 8.78 Å². The average Bonchev–Trinajstić information content (AvgIpc) is 2.71. The Hall–Kier alpha value is -0.180. The van der Waals surface area contributed by atoms with Gasteiger partial charge in [0.25, 0.3) is 6.43 Å². The lowest BCUT2D eigenvalue weighted by Crippen LogP contribution is -2.51. The van der Waals surface area contributed by atoms with Gasteiger partial charge in [-0.1, -0.05) is 6.92 Å². The van der Waals surface area contributed by atoms with Crippen LogP contribution in [0.3, 0.4) is 0 Å². The highest BCUT2D eigenvalue weighted by Gasteiger charge is 2.61. The first-order valence-electron chi connectivity index (χ1n) is 4.74. The van der Waals surface area contributed by atoms with Gasteiger partial charge in [-0.2, -0.15) is 0 Å². The SMILES string of the molecule is CCNC1(C(F)F)CCC2CC21. The van der Waals surface area contributed by atoms with Gasteiger partial charge in [0.1, 0.15) is 0 Å². The zero-order chi connectivity index (χ0) is 8.77. The Balaban J connectivity index is 2.11. The summed E-state index contributed by atoms with van der Waals surface area (Å²) >= 11 is 0. The fourth-order valence-electron chi connectivity index (χ4n) is 2.70. The number of nitrogens with one attached hydrogen (secondary N) is 1. The number of fused-ring (bicyclic) bond motifs is 1. The van der Waals surface area contributed by atoms with Gasteiger partial charge in [0.2, 0.25) is 0 Å². The number of hydrogen-bond donors (Lipinski definition) is 1. The second-order valence-corrected chi connectivity index (χ2v) is 4.01. The van der Waals surface area contributed by atoms with Gasteiger partial charge in [-0.15, -0.1) is 0 Å². The normalized spacial score (nSPS) is 45.0. The second-order valence-electron chi connectivity index (χ2n) is 4.01. The average molecular weight is 175 g/mol. The molecule has 2 aliphatic rings. The van der Waals surface area contributed by atoms with Gasteiger partial charge in [-0.25, -0.2) is 8.78 Å². The predicted octanol–water partition coefficient (Wildman–Crippen LogP) is 2.03. The Morgan fingerprint density at radius 2 is 2.33 bits per heavy atom. The Kier molecular flexibility index (Phi) is 1.86. The Morgan fingerprint density at radius 3 is 2.67 bits per heavy atom. The molecule has 2 aliphatic carbocycles. The van der Waals surface area contributed by atoms with Crippen LogP contribution >= 0.6 is 0 Å². The Bertz CT molecular complexity index is 183. The van der Waals surface area contributed by atoms with Crippen molar-refractivity contribution in [1.29, 1.82) is 0 Å². The highest BCUT2D eigenvalue weighted by atomic mass is 19.3. The topological polar surface area (TPSA) is 12.0 Å². The quantitative estimate of drug-likeness (QED) is 0.692. The van der Waals surface area contributed by atoms with E-state index in [4.69, 9.17) is 0 Å². The lowest BCUT2D eigenvalue weighted by atomic mass is 9.93. The molecule has 0 aromatic rings. The minimum Gasteiger partial charge on any atom is -0.306 e. The summed E-state index contributed by atoms with van der Waals surface area (Å²) in [7, 11) is 0. The standard InChI is InChI=1S/C9H15F2N/c1-2-12-9(8(10)11)4-3-6-5-7(6)9/h6-8,12H,2-5H2,1H3. The predicted molar refractivity (Wildman–Crippen MR) is 43.2 cm³/mol. The van der Waals surface area contributed by atoms with Crippen LogP contribution in [-0.4, -0.2) is 18.5 Å². The smallest absolute Gasteiger partial charge is 0.256 e. The largest absolute Gasteiger partial charge is 0.306 e. The molecule has 3 heteroatoms. The van der Waals surface area contributed by atoms with Crippen molar-refractivity contribution >= 4 is 0 Å². The molecule has 0 bridgehead atoms. The molecule has 1 nitrogen and oxygen atoms in total. The zero-order valence-electron chi connectivity index (χ0n) is 7.32. The van der Waals surface area contributed by atoms with Crippen molar-refractivity contribution in [3.63, 3.8) is 0 Å². The Morgan fingerprint density at radius 1 is 1.58 bits per heavy atom. The van der Waals surface area contributed by atoms with Crippen LogP contribution in [-0.2, 0) is 0 Å². The van der Waals surface area contributed by atoms with Gasteiger partial charge in [-0.05, 0) is 37.6 Å². The molecule has 1 N–H and O–H groups in total. The molecule has 3 atom stereocenters. The molecule has 0 radical (unpaired) electrons. The maximum atomic E-state index is 12.8. The molecule has 0 heterocycles. The fourth-order valence-corrected chi connectivity index (χ4v) is 2.70. The van der Waals surface area contributed by atoms with Gasteiger partial charge in [-0.3, -0.25) is 0 Å². The molecule has 70 valence electrons. The van der Waals surface area contributed by atoms with Gasteiger partial charge in [0.15, 0.2) is 0 Å². The van der Waals surface area contributed by atoms with Crippen molar-refractivity contribution in [2.75, 3.05) is 6.54 Å². The van der Waals surface area contributed by atoms with E-state index in [-0.39, 0.29) is 5.92 Å². The fraction of sp³-hybridized carbons (Fsp3) is 1.00. The molecule has 0 aliphatic heterocycles. The van der Waals surface area contributed by atoms with E-state index in [1.54, 1.807) is 0 Å². The first-order chi connectivity index (χ1) is 5.70. The third-order valence-corrected chi connectivity index (χ3v) is 3.41. The van der Waals surface area contributed by atoms with Crippen molar-refractivity contribution in [2.24, 2.45) is 11.8 Å². The molecule has 0 amide bonds. The van der Waals surface area contributed by atoms with Crippen molar-refractivity contribution in [3.8, 4) is 0 Å². The van der Waals surface area contributed by atoms with Gasteiger partial charge in [0, 0.05) is 0 Å². The van der Waals surface area contributed by atoms with Crippen LogP contribution in [0.4, 0.5) is 8.78 Å². The molecule has 2 rings (SSSR count). The van der Waals surface area contributed by atoms with Crippen molar-refractivity contribution in [2.45, 2.75) is 38.2 Å². The molecule has 12 heavy (non-hydrogen) atoms. The summed E-state index contributed by atoms with van der Waals surface area (Å²) in [5.41, 5.74) is -0.806. The zero-order valence-corrected chi connectivity index (χ0v) is 7.32. The van der Waals surface area contributed by atoms with E-state index in [1.807, 2.05) is 6.92 Å². The minimum absolute atomic E-state index is 0.275.